The van der Waals surface area contributed by atoms with Crippen LogP contribution >= 0.6 is 0 Å². The molecule has 1 heterocycles. The van der Waals surface area contributed by atoms with Gasteiger partial charge in [0.25, 0.3) is 0 Å². The van der Waals surface area contributed by atoms with Gasteiger partial charge in [-0.15, -0.1) is 0 Å². The summed E-state index contributed by atoms with van der Waals surface area (Å²) in [5, 5.41) is 9.40. The third-order valence-electron chi connectivity index (χ3n) is 3.82. The van der Waals surface area contributed by atoms with Crippen molar-refractivity contribution >= 4 is 17.8 Å². The van der Waals surface area contributed by atoms with Gasteiger partial charge in [0.15, 0.2) is 6.04 Å². The molecule has 0 saturated heterocycles. The molecular formula is C19H17NO2. The van der Waals surface area contributed by atoms with E-state index in [0.29, 0.717) is 6.42 Å². The average molecular weight is 291 g/mol. The van der Waals surface area contributed by atoms with E-state index >= 15 is 0 Å². The molecule has 1 aliphatic rings. The largest absolute Gasteiger partial charge is 0.480 e. The smallest absolute Gasteiger partial charge is 0.329 e. The van der Waals surface area contributed by atoms with E-state index in [-0.39, 0.29) is 5.92 Å². The van der Waals surface area contributed by atoms with E-state index in [1.165, 1.54) is 0 Å². The molecule has 3 rings (SSSR count). The fourth-order valence-electron chi connectivity index (χ4n) is 2.68. The van der Waals surface area contributed by atoms with Gasteiger partial charge in [0, 0.05) is 11.6 Å². The van der Waals surface area contributed by atoms with E-state index in [2.05, 4.69) is 4.99 Å². The van der Waals surface area contributed by atoms with Gasteiger partial charge < -0.3 is 5.11 Å². The molecule has 0 aromatic heterocycles. The van der Waals surface area contributed by atoms with Gasteiger partial charge in [0.1, 0.15) is 0 Å². The minimum atomic E-state index is -0.867. The molecule has 0 amide bonds. The molecule has 0 bridgehead atoms. The summed E-state index contributed by atoms with van der Waals surface area (Å²) in [5.41, 5.74) is 2.94. The molecule has 0 aliphatic carbocycles. The van der Waals surface area contributed by atoms with Crippen molar-refractivity contribution in [3.8, 4) is 0 Å². The Morgan fingerprint density at radius 3 is 2.32 bits per heavy atom. The highest BCUT2D eigenvalue weighted by Crippen LogP contribution is 2.27. The molecular weight excluding hydrogens is 274 g/mol. The molecule has 3 nitrogen and oxygen atoms in total. The number of rotatable bonds is 4. The Kier molecular flexibility index (Phi) is 4.15. The fraction of sp³-hybridized carbons (Fsp3) is 0.158. The molecule has 3 heteroatoms. The van der Waals surface area contributed by atoms with Crippen LogP contribution in [0.1, 0.15) is 17.5 Å². The van der Waals surface area contributed by atoms with Gasteiger partial charge >= 0.3 is 5.97 Å². The third kappa shape index (κ3) is 3.14. The molecule has 0 fully saturated rings. The zero-order chi connectivity index (χ0) is 15.4. The fourth-order valence-corrected chi connectivity index (χ4v) is 2.68. The third-order valence-corrected chi connectivity index (χ3v) is 3.82. The minimum absolute atomic E-state index is 0.104. The van der Waals surface area contributed by atoms with Gasteiger partial charge in [-0.1, -0.05) is 72.8 Å². The number of hydrogen-bond acceptors (Lipinski definition) is 2. The van der Waals surface area contributed by atoms with Crippen LogP contribution in [0.4, 0.5) is 0 Å². The minimum Gasteiger partial charge on any atom is -0.480 e. The first kappa shape index (κ1) is 14.3. The first-order valence-corrected chi connectivity index (χ1v) is 7.32. The molecule has 1 aliphatic heterocycles. The van der Waals surface area contributed by atoms with Crippen LogP contribution in [0, 0.1) is 5.92 Å². The number of benzene rings is 2. The molecule has 0 unspecified atom stereocenters. The zero-order valence-corrected chi connectivity index (χ0v) is 12.1. The van der Waals surface area contributed by atoms with E-state index in [9.17, 15) is 9.90 Å². The number of carbonyl (C=O) groups is 1. The number of carboxylic acids is 1. The molecule has 0 spiro atoms. The van der Waals surface area contributed by atoms with E-state index < -0.39 is 12.0 Å². The number of aliphatic imine (C=N–C) groups is 1. The van der Waals surface area contributed by atoms with Crippen LogP contribution in [0.15, 0.2) is 71.7 Å². The first-order valence-electron chi connectivity index (χ1n) is 7.32. The number of aliphatic carboxylic acids is 1. The summed E-state index contributed by atoms with van der Waals surface area (Å²) in [6.45, 7) is 0. The second kappa shape index (κ2) is 6.39. The maximum atomic E-state index is 11.5. The Morgan fingerprint density at radius 2 is 1.68 bits per heavy atom. The average Bonchev–Trinajstić information content (AvgIpc) is 2.99. The quantitative estimate of drug-likeness (QED) is 0.934. The van der Waals surface area contributed by atoms with E-state index in [4.69, 9.17) is 0 Å². The highest BCUT2D eigenvalue weighted by Gasteiger charge is 2.33. The molecule has 2 atom stereocenters. The highest BCUT2D eigenvalue weighted by atomic mass is 16.4. The van der Waals surface area contributed by atoms with Crippen LogP contribution in [0.5, 0.6) is 0 Å². The summed E-state index contributed by atoms with van der Waals surface area (Å²) in [6.07, 6.45) is 4.60. The standard InChI is InChI=1S/C19H17NO2/c21-19(22)18-16(12-11-14-7-3-1-4-8-14)13-17(20-18)15-9-5-2-6-10-15/h1-12,16,18H,13H2,(H,21,22)/b12-11+/t16-,18-/m0/s1. The van der Waals surface area contributed by atoms with Crippen LogP contribution in [0.2, 0.25) is 0 Å². The van der Waals surface area contributed by atoms with Gasteiger partial charge in [-0.3, -0.25) is 4.99 Å². The monoisotopic (exact) mass is 291 g/mol. The Balaban J connectivity index is 1.81. The Labute approximate surface area is 129 Å². The summed E-state index contributed by atoms with van der Waals surface area (Å²) in [6, 6.07) is 19.0. The predicted octanol–water partition coefficient (Wildman–Crippen LogP) is 3.66. The van der Waals surface area contributed by atoms with Crippen LogP contribution in [0.25, 0.3) is 6.08 Å². The van der Waals surface area contributed by atoms with Crippen LogP contribution in [-0.2, 0) is 4.79 Å². The summed E-state index contributed by atoms with van der Waals surface area (Å²) >= 11 is 0. The van der Waals surface area contributed by atoms with Crippen molar-refractivity contribution in [2.24, 2.45) is 10.9 Å². The van der Waals surface area contributed by atoms with Gasteiger partial charge in [0.2, 0.25) is 0 Å². The number of carboxylic acid groups (broad SMARTS) is 1. The van der Waals surface area contributed by atoms with Crippen molar-refractivity contribution in [3.05, 3.63) is 77.9 Å². The number of nitrogens with zero attached hydrogens (tertiary/aromatic N) is 1. The zero-order valence-electron chi connectivity index (χ0n) is 12.1. The van der Waals surface area contributed by atoms with Crippen molar-refractivity contribution in [2.75, 3.05) is 0 Å². The van der Waals surface area contributed by atoms with E-state index in [1.54, 1.807) is 0 Å². The Morgan fingerprint density at radius 1 is 1.05 bits per heavy atom. The van der Waals surface area contributed by atoms with Gasteiger partial charge in [-0.2, -0.15) is 0 Å². The summed E-state index contributed by atoms with van der Waals surface area (Å²) in [7, 11) is 0. The Bertz CT molecular complexity index is 705. The SMILES string of the molecule is O=C(O)[C@H]1N=C(c2ccccc2)C[C@@H]1/C=C/c1ccccc1. The van der Waals surface area contributed by atoms with E-state index in [1.807, 2.05) is 72.8 Å². The van der Waals surface area contributed by atoms with Crippen molar-refractivity contribution in [1.29, 1.82) is 0 Å². The summed E-state index contributed by atoms with van der Waals surface area (Å²) in [5.74, 6) is -0.971. The number of hydrogen-bond donors (Lipinski definition) is 1. The first-order chi connectivity index (χ1) is 10.7. The molecule has 0 radical (unpaired) electrons. The van der Waals surface area contributed by atoms with Crippen molar-refractivity contribution in [3.63, 3.8) is 0 Å². The van der Waals surface area contributed by atoms with Crippen molar-refractivity contribution in [1.82, 2.24) is 0 Å². The summed E-state index contributed by atoms with van der Waals surface area (Å²) in [4.78, 5) is 15.9. The lowest BCUT2D eigenvalue weighted by atomic mass is 9.95. The molecule has 110 valence electrons. The predicted molar refractivity (Wildman–Crippen MR) is 88.0 cm³/mol. The maximum Gasteiger partial charge on any atom is 0.329 e. The second-order valence-corrected chi connectivity index (χ2v) is 5.36. The molecule has 2 aromatic rings. The lowest BCUT2D eigenvalue weighted by molar-refractivity contribution is -0.139. The van der Waals surface area contributed by atoms with Crippen LogP contribution in [0.3, 0.4) is 0 Å². The van der Waals surface area contributed by atoms with Gasteiger partial charge in [0.05, 0.1) is 0 Å². The lowest BCUT2D eigenvalue weighted by Gasteiger charge is -2.09. The van der Waals surface area contributed by atoms with Gasteiger partial charge in [-0.25, -0.2) is 4.79 Å². The topological polar surface area (TPSA) is 49.7 Å². The Hall–Kier alpha value is -2.68. The summed E-state index contributed by atoms with van der Waals surface area (Å²) < 4.78 is 0. The molecule has 1 N–H and O–H groups in total. The molecule has 2 aromatic carbocycles. The van der Waals surface area contributed by atoms with Gasteiger partial charge in [-0.05, 0) is 17.5 Å². The van der Waals surface area contributed by atoms with Crippen molar-refractivity contribution in [2.45, 2.75) is 12.5 Å². The lowest BCUT2D eigenvalue weighted by Crippen LogP contribution is -2.22. The molecule has 22 heavy (non-hydrogen) atoms. The maximum absolute atomic E-state index is 11.5. The van der Waals surface area contributed by atoms with Crippen LogP contribution in [-0.4, -0.2) is 22.8 Å². The van der Waals surface area contributed by atoms with Crippen LogP contribution < -0.4 is 0 Å². The highest BCUT2D eigenvalue weighted by molar-refractivity contribution is 6.04. The molecule has 0 saturated carbocycles. The van der Waals surface area contributed by atoms with Crippen molar-refractivity contribution < 1.29 is 9.90 Å². The van der Waals surface area contributed by atoms with E-state index in [0.717, 1.165) is 16.8 Å². The second-order valence-electron chi connectivity index (χ2n) is 5.36. The normalized spacial score (nSPS) is 21.0.